The maximum absolute atomic E-state index is 13.0. The fraction of sp³-hybridized carbons (Fsp3) is 0.632. The van der Waals surface area contributed by atoms with Crippen molar-refractivity contribution in [3.05, 3.63) is 35.9 Å². The van der Waals surface area contributed by atoms with Crippen LogP contribution in [0.1, 0.15) is 31.2 Å². The molecule has 0 atom stereocenters. The van der Waals surface area contributed by atoms with E-state index in [2.05, 4.69) is 46.4 Å². The Kier molecular flexibility index (Phi) is 6.44. The summed E-state index contributed by atoms with van der Waals surface area (Å²) in [5, 5.41) is 3.31. The Morgan fingerprint density at radius 1 is 1.17 bits per heavy atom. The van der Waals surface area contributed by atoms with E-state index in [-0.39, 0.29) is 6.03 Å². The van der Waals surface area contributed by atoms with E-state index < -0.39 is 0 Å². The third kappa shape index (κ3) is 4.90. The molecule has 0 saturated carbocycles. The van der Waals surface area contributed by atoms with Gasteiger partial charge in [0.25, 0.3) is 0 Å². The molecule has 4 nitrogen and oxygen atoms in total. The molecule has 2 aliphatic heterocycles. The van der Waals surface area contributed by atoms with Crippen LogP contribution in [0.15, 0.2) is 30.3 Å². The van der Waals surface area contributed by atoms with Crippen molar-refractivity contribution in [2.45, 2.75) is 44.3 Å². The number of hydrogen-bond acceptors (Lipinski definition) is 3. The van der Waals surface area contributed by atoms with E-state index in [9.17, 15) is 4.79 Å². The Bertz CT molecular complexity index is 511. The standard InChI is InChI=1S/C19H29N3OS/c1-21-11-7-18(8-12-21)22(15-16-5-3-2-4-6-16)19(23)20-17-9-13-24-14-10-17/h2-6,17-18H,7-15H2,1H3,(H,20,23). The number of thioether (sulfide) groups is 1. The van der Waals surface area contributed by atoms with Crippen molar-refractivity contribution in [3.63, 3.8) is 0 Å². The third-order valence-corrected chi connectivity index (χ3v) is 6.18. The van der Waals surface area contributed by atoms with Crippen molar-refractivity contribution < 1.29 is 4.79 Å². The van der Waals surface area contributed by atoms with Gasteiger partial charge in [0.2, 0.25) is 0 Å². The maximum atomic E-state index is 13.0. The predicted octanol–water partition coefficient (Wildman–Crippen LogP) is 3.19. The summed E-state index contributed by atoms with van der Waals surface area (Å²) in [5.41, 5.74) is 1.21. The Labute approximate surface area is 150 Å². The molecule has 0 aromatic heterocycles. The summed E-state index contributed by atoms with van der Waals surface area (Å²) in [6.07, 6.45) is 4.33. The monoisotopic (exact) mass is 347 g/mol. The van der Waals surface area contributed by atoms with Gasteiger partial charge in [0.15, 0.2) is 0 Å². The molecule has 2 aliphatic rings. The van der Waals surface area contributed by atoms with E-state index >= 15 is 0 Å². The number of piperidine rings is 1. The lowest BCUT2D eigenvalue weighted by atomic mass is 10.0. The summed E-state index contributed by atoms with van der Waals surface area (Å²) in [7, 11) is 2.16. The SMILES string of the molecule is CN1CCC(N(Cc2ccccc2)C(=O)NC2CCSCC2)CC1. The summed E-state index contributed by atoms with van der Waals surface area (Å²) < 4.78 is 0. The van der Waals surface area contributed by atoms with Gasteiger partial charge in [-0.25, -0.2) is 4.79 Å². The van der Waals surface area contributed by atoms with Gasteiger partial charge >= 0.3 is 6.03 Å². The van der Waals surface area contributed by atoms with Gasteiger partial charge in [-0.15, -0.1) is 0 Å². The molecule has 0 unspecified atom stereocenters. The highest BCUT2D eigenvalue weighted by Crippen LogP contribution is 2.21. The van der Waals surface area contributed by atoms with E-state index in [1.807, 2.05) is 17.8 Å². The number of nitrogens with zero attached hydrogens (tertiary/aromatic N) is 2. The minimum Gasteiger partial charge on any atom is -0.335 e. The average Bonchev–Trinajstić information content (AvgIpc) is 2.62. The fourth-order valence-electron chi connectivity index (χ4n) is 3.55. The molecule has 1 N–H and O–H groups in total. The molecule has 24 heavy (non-hydrogen) atoms. The number of rotatable bonds is 4. The van der Waals surface area contributed by atoms with Crippen LogP contribution in [0.3, 0.4) is 0 Å². The number of carbonyl (C=O) groups is 1. The minimum atomic E-state index is 0.130. The van der Waals surface area contributed by atoms with Gasteiger partial charge in [0.1, 0.15) is 0 Å². The Morgan fingerprint density at radius 3 is 2.50 bits per heavy atom. The highest BCUT2D eigenvalue weighted by Gasteiger charge is 2.28. The highest BCUT2D eigenvalue weighted by molar-refractivity contribution is 7.99. The van der Waals surface area contributed by atoms with Crippen molar-refractivity contribution in [1.82, 2.24) is 15.1 Å². The number of carbonyl (C=O) groups excluding carboxylic acids is 1. The van der Waals surface area contributed by atoms with Gasteiger partial charge < -0.3 is 15.1 Å². The van der Waals surface area contributed by atoms with Crippen molar-refractivity contribution in [2.75, 3.05) is 31.6 Å². The first kappa shape index (κ1) is 17.6. The summed E-state index contributed by atoms with van der Waals surface area (Å²) >= 11 is 1.99. The molecule has 3 rings (SSSR count). The van der Waals surface area contributed by atoms with Crippen LogP contribution in [0.2, 0.25) is 0 Å². The first-order valence-electron chi connectivity index (χ1n) is 9.10. The van der Waals surface area contributed by atoms with Gasteiger partial charge in [-0.1, -0.05) is 30.3 Å². The summed E-state index contributed by atoms with van der Waals surface area (Å²) in [6.45, 7) is 2.86. The highest BCUT2D eigenvalue weighted by atomic mass is 32.2. The summed E-state index contributed by atoms with van der Waals surface area (Å²) in [4.78, 5) is 17.4. The second-order valence-electron chi connectivity index (χ2n) is 6.98. The van der Waals surface area contributed by atoms with Crippen LogP contribution in [-0.4, -0.2) is 59.6 Å². The first-order chi connectivity index (χ1) is 11.7. The molecule has 0 spiro atoms. The van der Waals surface area contributed by atoms with Gasteiger partial charge in [-0.2, -0.15) is 11.8 Å². The van der Waals surface area contributed by atoms with Crippen LogP contribution in [0, 0.1) is 0 Å². The van der Waals surface area contributed by atoms with E-state index in [1.54, 1.807) is 0 Å². The number of likely N-dealkylation sites (tertiary alicyclic amines) is 1. The molecule has 2 heterocycles. The van der Waals surface area contributed by atoms with Crippen molar-refractivity contribution in [1.29, 1.82) is 0 Å². The van der Waals surface area contributed by atoms with Gasteiger partial charge in [-0.3, -0.25) is 0 Å². The Hall–Kier alpha value is -1.20. The number of amides is 2. The zero-order valence-corrected chi connectivity index (χ0v) is 15.4. The molecule has 0 bridgehead atoms. The molecule has 5 heteroatoms. The van der Waals surface area contributed by atoms with Crippen LogP contribution < -0.4 is 5.32 Å². The summed E-state index contributed by atoms with van der Waals surface area (Å²) in [5.74, 6) is 2.33. The van der Waals surface area contributed by atoms with E-state index in [0.717, 1.165) is 50.3 Å². The van der Waals surface area contributed by atoms with Crippen LogP contribution >= 0.6 is 11.8 Å². The normalized spacial score (nSPS) is 20.7. The number of urea groups is 1. The Morgan fingerprint density at radius 2 is 1.83 bits per heavy atom. The fourth-order valence-corrected chi connectivity index (χ4v) is 4.66. The van der Waals surface area contributed by atoms with E-state index in [4.69, 9.17) is 0 Å². The van der Waals surface area contributed by atoms with Gasteiger partial charge in [0, 0.05) is 18.6 Å². The molecule has 2 amide bonds. The molecule has 1 aromatic rings. The van der Waals surface area contributed by atoms with Crippen LogP contribution in [0.5, 0.6) is 0 Å². The van der Waals surface area contributed by atoms with Crippen LogP contribution in [-0.2, 0) is 6.54 Å². The minimum absolute atomic E-state index is 0.130. The lowest BCUT2D eigenvalue weighted by Crippen LogP contribution is -2.52. The lowest BCUT2D eigenvalue weighted by Gasteiger charge is -2.38. The maximum Gasteiger partial charge on any atom is 0.318 e. The van der Waals surface area contributed by atoms with Crippen molar-refractivity contribution >= 4 is 17.8 Å². The topological polar surface area (TPSA) is 35.6 Å². The molecular formula is C19H29N3OS. The van der Waals surface area contributed by atoms with Gasteiger partial charge in [0.05, 0.1) is 0 Å². The molecule has 2 fully saturated rings. The number of hydrogen-bond donors (Lipinski definition) is 1. The molecule has 1 aromatic carbocycles. The largest absolute Gasteiger partial charge is 0.335 e. The first-order valence-corrected chi connectivity index (χ1v) is 10.2. The third-order valence-electron chi connectivity index (χ3n) is 5.13. The lowest BCUT2D eigenvalue weighted by molar-refractivity contribution is 0.124. The van der Waals surface area contributed by atoms with Crippen molar-refractivity contribution in [3.8, 4) is 0 Å². The molecule has 0 aliphatic carbocycles. The van der Waals surface area contributed by atoms with Crippen LogP contribution in [0.4, 0.5) is 4.79 Å². The van der Waals surface area contributed by atoms with Gasteiger partial charge in [-0.05, 0) is 62.9 Å². The Balaban J connectivity index is 1.67. The predicted molar refractivity (Wildman–Crippen MR) is 101 cm³/mol. The van der Waals surface area contributed by atoms with E-state index in [0.29, 0.717) is 18.6 Å². The quantitative estimate of drug-likeness (QED) is 0.908. The molecule has 132 valence electrons. The average molecular weight is 348 g/mol. The zero-order valence-electron chi connectivity index (χ0n) is 14.6. The number of nitrogens with one attached hydrogen (secondary N) is 1. The molecular weight excluding hydrogens is 318 g/mol. The molecule has 0 radical (unpaired) electrons. The van der Waals surface area contributed by atoms with E-state index in [1.165, 1.54) is 5.56 Å². The van der Waals surface area contributed by atoms with Crippen LogP contribution in [0.25, 0.3) is 0 Å². The number of benzene rings is 1. The smallest absolute Gasteiger partial charge is 0.318 e. The van der Waals surface area contributed by atoms with Crippen molar-refractivity contribution in [2.24, 2.45) is 0 Å². The second-order valence-corrected chi connectivity index (χ2v) is 8.21. The second kappa shape index (κ2) is 8.77. The summed E-state index contributed by atoms with van der Waals surface area (Å²) in [6, 6.07) is 11.2. The molecule has 2 saturated heterocycles. The zero-order chi connectivity index (χ0) is 16.8.